The van der Waals surface area contributed by atoms with Crippen molar-refractivity contribution in [3.63, 3.8) is 0 Å². The number of nitrogens with zero attached hydrogens (tertiary/aromatic N) is 1. The average molecular weight is 287 g/mol. The molecule has 0 saturated heterocycles. The number of rotatable bonds is 6. The summed E-state index contributed by atoms with van der Waals surface area (Å²) in [6.07, 6.45) is 0. The van der Waals surface area contributed by atoms with E-state index < -0.39 is 4.92 Å². The van der Waals surface area contributed by atoms with Crippen LogP contribution in [0.2, 0.25) is 0 Å². The Morgan fingerprint density at radius 1 is 1.58 bits per heavy atom. The Balaban J connectivity index is 2.70. The van der Waals surface area contributed by atoms with Gasteiger partial charge in [0.1, 0.15) is 0 Å². The van der Waals surface area contributed by atoms with Gasteiger partial charge in [-0.25, -0.2) is 0 Å². The standard InChI is InChI=1S/C12H15ClN2O4/c1-8-5-10(15(17)18)3-4-11(8)12(16)14-6-9(13)7-19-2/h3-5,9H,6-7H2,1-2H3,(H,14,16). The van der Waals surface area contributed by atoms with E-state index in [1.54, 1.807) is 6.92 Å². The average Bonchev–Trinajstić information content (AvgIpc) is 2.36. The highest BCUT2D eigenvalue weighted by Gasteiger charge is 2.14. The van der Waals surface area contributed by atoms with Gasteiger partial charge in [0.2, 0.25) is 0 Å². The number of methoxy groups -OCH3 is 1. The summed E-state index contributed by atoms with van der Waals surface area (Å²) in [6.45, 7) is 2.25. The number of benzene rings is 1. The molecule has 1 atom stereocenters. The molecule has 0 radical (unpaired) electrons. The van der Waals surface area contributed by atoms with Crippen LogP contribution in [-0.4, -0.2) is 36.5 Å². The number of amides is 1. The fraction of sp³-hybridized carbons (Fsp3) is 0.417. The summed E-state index contributed by atoms with van der Waals surface area (Å²) in [5.74, 6) is -0.311. The maximum atomic E-state index is 11.9. The predicted octanol–water partition coefficient (Wildman–Crippen LogP) is 1.89. The summed E-state index contributed by atoms with van der Waals surface area (Å²) >= 11 is 5.89. The summed E-state index contributed by atoms with van der Waals surface area (Å²) in [6, 6.07) is 4.10. The molecule has 1 aromatic rings. The van der Waals surface area contributed by atoms with Crippen molar-refractivity contribution in [2.24, 2.45) is 0 Å². The fourth-order valence-electron chi connectivity index (χ4n) is 1.55. The van der Waals surface area contributed by atoms with Crippen LogP contribution in [0.1, 0.15) is 15.9 Å². The third kappa shape index (κ3) is 4.50. The first-order chi connectivity index (χ1) is 8.95. The van der Waals surface area contributed by atoms with Crippen LogP contribution in [-0.2, 0) is 4.74 Å². The number of halogens is 1. The number of carbonyl (C=O) groups is 1. The molecule has 0 fully saturated rings. The second-order valence-electron chi connectivity index (χ2n) is 4.02. The summed E-state index contributed by atoms with van der Waals surface area (Å²) in [4.78, 5) is 22.0. The van der Waals surface area contributed by atoms with Crippen molar-refractivity contribution in [2.45, 2.75) is 12.3 Å². The van der Waals surface area contributed by atoms with Crippen molar-refractivity contribution in [2.75, 3.05) is 20.3 Å². The van der Waals surface area contributed by atoms with E-state index in [0.717, 1.165) is 0 Å². The van der Waals surface area contributed by atoms with E-state index in [4.69, 9.17) is 16.3 Å². The Bertz CT molecular complexity index is 479. The maximum Gasteiger partial charge on any atom is 0.269 e. The molecule has 1 rings (SSSR count). The van der Waals surface area contributed by atoms with Gasteiger partial charge in [0, 0.05) is 31.4 Å². The van der Waals surface area contributed by atoms with Gasteiger partial charge in [-0.05, 0) is 18.6 Å². The van der Waals surface area contributed by atoms with Crippen molar-refractivity contribution >= 4 is 23.2 Å². The minimum absolute atomic E-state index is 0.0383. The highest BCUT2D eigenvalue weighted by atomic mass is 35.5. The van der Waals surface area contributed by atoms with Crippen LogP contribution < -0.4 is 5.32 Å². The van der Waals surface area contributed by atoms with Crippen LogP contribution in [0.15, 0.2) is 18.2 Å². The van der Waals surface area contributed by atoms with Gasteiger partial charge in [-0.2, -0.15) is 0 Å². The lowest BCUT2D eigenvalue weighted by Crippen LogP contribution is -2.32. The third-order valence-electron chi connectivity index (χ3n) is 2.50. The number of nitro groups is 1. The summed E-state index contributed by atoms with van der Waals surface area (Å²) in [7, 11) is 1.53. The van der Waals surface area contributed by atoms with Crippen LogP contribution in [0.25, 0.3) is 0 Å². The molecular formula is C12H15ClN2O4. The summed E-state index contributed by atoms with van der Waals surface area (Å²) < 4.78 is 4.85. The lowest BCUT2D eigenvalue weighted by atomic mass is 10.1. The largest absolute Gasteiger partial charge is 0.383 e. The Hall–Kier alpha value is -1.66. The van der Waals surface area contributed by atoms with E-state index in [1.165, 1.54) is 25.3 Å². The molecule has 0 aliphatic rings. The molecule has 104 valence electrons. The van der Waals surface area contributed by atoms with Crippen LogP contribution in [0, 0.1) is 17.0 Å². The van der Waals surface area contributed by atoms with Gasteiger partial charge in [0.05, 0.1) is 16.9 Å². The number of alkyl halides is 1. The van der Waals surface area contributed by atoms with Gasteiger partial charge >= 0.3 is 0 Å². The molecular weight excluding hydrogens is 272 g/mol. The van der Waals surface area contributed by atoms with Crippen molar-refractivity contribution in [1.29, 1.82) is 0 Å². The molecule has 0 bridgehead atoms. The monoisotopic (exact) mass is 286 g/mol. The van der Waals surface area contributed by atoms with Gasteiger partial charge in [-0.3, -0.25) is 14.9 Å². The lowest BCUT2D eigenvalue weighted by molar-refractivity contribution is -0.384. The second-order valence-corrected chi connectivity index (χ2v) is 4.64. The van der Waals surface area contributed by atoms with Gasteiger partial charge < -0.3 is 10.1 Å². The lowest BCUT2D eigenvalue weighted by Gasteiger charge is -2.11. The SMILES string of the molecule is COCC(Cl)CNC(=O)c1ccc([N+](=O)[O-])cc1C. The number of nitro benzene ring substituents is 1. The van der Waals surface area contributed by atoms with Crippen LogP contribution in [0.5, 0.6) is 0 Å². The highest BCUT2D eigenvalue weighted by molar-refractivity contribution is 6.21. The quantitative estimate of drug-likeness (QED) is 0.492. The molecule has 1 unspecified atom stereocenters. The topological polar surface area (TPSA) is 81.5 Å². The van der Waals surface area contributed by atoms with Gasteiger partial charge in [-0.15, -0.1) is 11.6 Å². The number of non-ortho nitro benzene ring substituents is 1. The fourth-order valence-corrected chi connectivity index (χ4v) is 1.76. The molecule has 1 amide bonds. The molecule has 1 N–H and O–H groups in total. The number of nitrogens with one attached hydrogen (secondary N) is 1. The van der Waals surface area contributed by atoms with Gasteiger partial charge in [0.25, 0.3) is 11.6 Å². The van der Waals surface area contributed by atoms with Crippen molar-refractivity contribution in [3.05, 3.63) is 39.4 Å². The molecule has 6 nitrogen and oxygen atoms in total. The van der Waals surface area contributed by atoms with E-state index in [9.17, 15) is 14.9 Å². The smallest absolute Gasteiger partial charge is 0.269 e. The van der Waals surface area contributed by atoms with E-state index in [-0.39, 0.29) is 23.5 Å². The Kier molecular flexibility index (Phi) is 5.72. The molecule has 0 aromatic heterocycles. The molecule has 1 aromatic carbocycles. The molecule has 0 aliphatic carbocycles. The van der Waals surface area contributed by atoms with Gasteiger partial charge in [-0.1, -0.05) is 0 Å². The molecule has 7 heteroatoms. The van der Waals surface area contributed by atoms with E-state index >= 15 is 0 Å². The Labute approximate surface area is 115 Å². The number of aryl methyl sites for hydroxylation is 1. The van der Waals surface area contributed by atoms with Crippen LogP contribution >= 0.6 is 11.6 Å². The molecule has 0 aliphatic heterocycles. The number of ether oxygens (including phenoxy) is 1. The highest BCUT2D eigenvalue weighted by Crippen LogP contribution is 2.17. The molecule has 0 saturated carbocycles. The van der Waals surface area contributed by atoms with Crippen LogP contribution in [0.4, 0.5) is 5.69 Å². The molecule has 0 heterocycles. The van der Waals surface area contributed by atoms with E-state index in [0.29, 0.717) is 17.7 Å². The molecule has 19 heavy (non-hydrogen) atoms. The normalized spacial score (nSPS) is 11.9. The first-order valence-corrected chi connectivity index (χ1v) is 6.05. The van der Waals surface area contributed by atoms with Crippen molar-refractivity contribution < 1.29 is 14.5 Å². The zero-order chi connectivity index (χ0) is 14.4. The van der Waals surface area contributed by atoms with Crippen molar-refractivity contribution in [3.8, 4) is 0 Å². The summed E-state index contributed by atoms with van der Waals surface area (Å²) in [5, 5.41) is 12.9. The Morgan fingerprint density at radius 2 is 2.26 bits per heavy atom. The third-order valence-corrected chi connectivity index (χ3v) is 2.78. The minimum atomic E-state index is -0.498. The Morgan fingerprint density at radius 3 is 2.79 bits per heavy atom. The molecule has 0 spiro atoms. The summed E-state index contributed by atoms with van der Waals surface area (Å²) in [5.41, 5.74) is 0.903. The number of carbonyl (C=O) groups excluding carboxylic acids is 1. The van der Waals surface area contributed by atoms with Crippen molar-refractivity contribution in [1.82, 2.24) is 5.32 Å². The zero-order valence-corrected chi connectivity index (χ0v) is 11.4. The minimum Gasteiger partial charge on any atom is -0.383 e. The zero-order valence-electron chi connectivity index (χ0n) is 10.7. The van der Waals surface area contributed by atoms with E-state index in [2.05, 4.69) is 5.32 Å². The van der Waals surface area contributed by atoms with Crippen LogP contribution in [0.3, 0.4) is 0 Å². The number of hydrogen-bond donors (Lipinski definition) is 1. The second kappa shape index (κ2) is 7.06. The first-order valence-electron chi connectivity index (χ1n) is 5.62. The van der Waals surface area contributed by atoms with Gasteiger partial charge in [0.15, 0.2) is 0 Å². The first kappa shape index (κ1) is 15.4. The predicted molar refractivity (Wildman–Crippen MR) is 71.7 cm³/mol. The number of hydrogen-bond acceptors (Lipinski definition) is 4. The van der Waals surface area contributed by atoms with E-state index in [1.807, 2.05) is 0 Å². The maximum absolute atomic E-state index is 11.9.